The van der Waals surface area contributed by atoms with Gasteiger partial charge in [-0.2, -0.15) is 0 Å². The molecule has 1 aromatic rings. The zero-order chi connectivity index (χ0) is 13.5. The van der Waals surface area contributed by atoms with E-state index in [9.17, 15) is 9.59 Å². The molecule has 0 aromatic carbocycles. The van der Waals surface area contributed by atoms with Crippen LogP contribution in [0.5, 0.6) is 0 Å². The number of rotatable bonds is 5. The number of carbonyl (C=O) groups is 2. The van der Waals surface area contributed by atoms with Gasteiger partial charge in [-0.1, -0.05) is 0 Å². The number of ether oxygens (including phenoxy) is 2. The van der Waals surface area contributed by atoms with E-state index in [0.29, 0.717) is 4.88 Å². The summed E-state index contributed by atoms with van der Waals surface area (Å²) in [4.78, 5) is 23.9. The Labute approximate surface area is 118 Å². The molecule has 1 aromatic heterocycles. The Morgan fingerprint density at radius 1 is 1.33 bits per heavy atom. The van der Waals surface area contributed by atoms with Gasteiger partial charge in [0.2, 0.25) is 0 Å². The molecule has 0 bridgehead atoms. The number of thiophene rings is 1. The third-order valence-electron chi connectivity index (χ3n) is 1.94. The zero-order valence-electron chi connectivity index (χ0n) is 10.1. The molecule has 0 aliphatic rings. The molecular weight excluding hydrogens is 322 g/mol. The van der Waals surface area contributed by atoms with Gasteiger partial charge in [-0.3, -0.25) is 0 Å². The van der Waals surface area contributed by atoms with E-state index in [-0.39, 0.29) is 13.2 Å². The summed E-state index contributed by atoms with van der Waals surface area (Å²) in [6, 6.07) is 2.72. The van der Waals surface area contributed by atoms with Crippen LogP contribution in [0.15, 0.2) is 15.9 Å². The third-order valence-corrected chi connectivity index (χ3v) is 3.63. The molecule has 5 nitrogen and oxygen atoms in total. The maximum Gasteiger partial charge on any atom is 0.408 e. The van der Waals surface area contributed by atoms with Gasteiger partial charge < -0.3 is 14.8 Å². The smallest absolute Gasteiger partial charge is 0.408 e. The molecule has 0 spiro atoms. The van der Waals surface area contributed by atoms with Gasteiger partial charge in [0, 0.05) is 4.88 Å². The lowest BCUT2D eigenvalue weighted by atomic mass is 10.2. The predicted molar refractivity (Wildman–Crippen MR) is 71.6 cm³/mol. The van der Waals surface area contributed by atoms with Crippen LogP contribution in [0, 0.1) is 0 Å². The van der Waals surface area contributed by atoms with Crippen molar-refractivity contribution in [1.29, 1.82) is 0 Å². The molecular formula is C11H14BrNO4S. The number of amides is 1. The molecule has 1 atom stereocenters. The van der Waals surface area contributed by atoms with E-state index in [1.807, 2.05) is 0 Å². The molecule has 0 saturated carbocycles. The van der Waals surface area contributed by atoms with Gasteiger partial charge in [0.1, 0.15) is 0 Å². The number of nitrogens with one attached hydrogen (secondary N) is 1. The maximum atomic E-state index is 11.8. The highest BCUT2D eigenvalue weighted by atomic mass is 79.9. The number of esters is 1. The van der Waals surface area contributed by atoms with Gasteiger partial charge in [-0.05, 0) is 41.9 Å². The largest absolute Gasteiger partial charge is 0.464 e. The molecule has 7 heteroatoms. The summed E-state index contributed by atoms with van der Waals surface area (Å²) in [6.07, 6.45) is -0.639. The quantitative estimate of drug-likeness (QED) is 0.840. The second kappa shape index (κ2) is 7.38. The lowest BCUT2D eigenvalue weighted by Crippen LogP contribution is -2.34. The monoisotopic (exact) mass is 335 g/mol. The summed E-state index contributed by atoms with van der Waals surface area (Å²) < 4.78 is 10.6. The summed E-state index contributed by atoms with van der Waals surface area (Å²) in [5.41, 5.74) is 0. The van der Waals surface area contributed by atoms with Crippen molar-refractivity contribution in [3.63, 3.8) is 0 Å². The minimum Gasteiger partial charge on any atom is -0.464 e. The topological polar surface area (TPSA) is 64.6 Å². The van der Waals surface area contributed by atoms with Gasteiger partial charge in [-0.15, -0.1) is 11.3 Å². The van der Waals surface area contributed by atoms with Gasteiger partial charge in [-0.25, -0.2) is 9.59 Å². The van der Waals surface area contributed by atoms with E-state index in [0.717, 1.165) is 3.79 Å². The van der Waals surface area contributed by atoms with E-state index in [2.05, 4.69) is 21.2 Å². The van der Waals surface area contributed by atoms with E-state index in [4.69, 9.17) is 9.47 Å². The Hall–Kier alpha value is -1.08. The Morgan fingerprint density at radius 2 is 2.00 bits per heavy atom. The van der Waals surface area contributed by atoms with Crippen LogP contribution in [0.25, 0.3) is 0 Å². The normalized spacial score (nSPS) is 11.7. The highest BCUT2D eigenvalue weighted by molar-refractivity contribution is 9.11. The summed E-state index contributed by atoms with van der Waals surface area (Å²) in [6.45, 7) is 3.91. The fourth-order valence-corrected chi connectivity index (χ4v) is 2.71. The summed E-state index contributed by atoms with van der Waals surface area (Å²) in [5.74, 6) is -0.500. The standard InChI is InChI=1S/C11H14BrNO4S/c1-3-16-10(14)9(13-11(15)17-4-2)7-5-6-8(12)18-7/h5-6,9H,3-4H2,1-2H3,(H,13,15). The van der Waals surface area contributed by atoms with Gasteiger partial charge in [0.05, 0.1) is 17.0 Å². The van der Waals surface area contributed by atoms with Crippen molar-refractivity contribution in [2.75, 3.05) is 13.2 Å². The van der Waals surface area contributed by atoms with Crippen molar-refractivity contribution in [1.82, 2.24) is 5.32 Å². The molecule has 0 radical (unpaired) electrons. The zero-order valence-corrected chi connectivity index (χ0v) is 12.5. The number of alkyl carbamates (subject to hydrolysis) is 1. The Morgan fingerprint density at radius 3 is 2.50 bits per heavy atom. The summed E-state index contributed by atoms with van der Waals surface area (Å²) >= 11 is 4.66. The second-order valence-electron chi connectivity index (χ2n) is 3.19. The minimum absolute atomic E-state index is 0.246. The molecule has 18 heavy (non-hydrogen) atoms. The third kappa shape index (κ3) is 4.30. The van der Waals surface area contributed by atoms with Gasteiger partial charge >= 0.3 is 12.1 Å². The average Bonchev–Trinajstić information content (AvgIpc) is 2.73. The van der Waals surface area contributed by atoms with Gasteiger partial charge in [0.25, 0.3) is 0 Å². The van der Waals surface area contributed by atoms with Crippen LogP contribution < -0.4 is 5.32 Å². The fourth-order valence-electron chi connectivity index (χ4n) is 1.25. The second-order valence-corrected chi connectivity index (χ2v) is 5.69. The van der Waals surface area contributed by atoms with Crippen molar-refractivity contribution in [2.24, 2.45) is 0 Å². The number of carbonyl (C=O) groups excluding carboxylic acids is 2. The molecule has 1 unspecified atom stereocenters. The Balaban J connectivity index is 2.81. The van der Waals surface area contributed by atoms with Gasteiger partial charge in [0.15, 0.2) is 6.04 Å². The van der Waals surface area contributed by atoms with Crippen LogP contribution in [-0.4, -0.2) is 25.3 Å². The molecule has 0 saturated heterocycles. The van der Waals surface area contributed by atoms with Crippen LogP contribution in [-0.2, 0) is 14.3 Å². The minimum atomic E-state index is -0.833. The van der Waals surface area contributed by atoms with E-state index < -0.39 is 18.1 Å². The average molecular weight is 336 g/mol. The molecule has 0 fully saturated rings. The molecule has 1 heterocycles. The van der Waals surface area contributed by atoms with Crippen molar-refractivity contribution in [3.05, 3.63) is 20.8 Å². The first-order valence-corrected chi connectivity index (χ1v) is 7.04. The van der Waals surface area contributed by atoms with Crippen LogP contribution >= 0.6 is 27.3 Å². The Kier molecular flexibility index (Phi) is 6.14. The highest BCUT2D eigenvalue weighted by Crippen LogP contribution is 2.28. The van der Waals surface area contributed by atoms with Crippen molar-refractivity contribution in [3.8, 4) is 0 Å². The summed E-state index contributed by atoms with van der Waals surface area (Å²) in [7, 11) is 0. The summed E-state index contributed by atoms with van der Waals surface area (Å²) in [5, 5.41) is 2.49. The molecule has 1 rings (SSSR count). The van der Waals surface area contributed by atoms with Crippen molar-refractivity contribution in [2.45, 2.75) is 19.9 Å². The first-order valence-electron chi connectivity index (χ1n) is 5.43. The molecule has 0 aliphatic carbocycles. The van der Waals surface area contributed by atoms with E-state index >= 15 is 0 Å². The van der Waals surface area contributed by atoms with E-state index in [1.54, 1.807) is 26.0 Å². The highest BCUT2D eigenvalue weighted by Gasteiger charge is 2.26. The lowest BCUT2D eigenvalue weighted by molar-refractivity contribution is -0.145. The predicted octanol–water partition coefficient (Wildman–Crippen LogP) is 2.86. The lowest BCUT2D eigenvalue weighted by Gasteiger charge is -2.15. The van der Waals surface area contributed by atoms with Crippen LogP contribution in [0.1, 0.15) is 24.8 Å². The molecule has 0 aliphatic heterocycles. The fraction of sp³-hybridized carbons (Fsp3) is 0.455. The van der Waals surface area contributed by atoms with Crippen LogP contribution in [0.4, 0.5) is 4.79 Å². The number of halogens is 1. The first kappa shape index (κ1) is 15.0. The Bertz CT molecular complexity index is 421. The number of hydrogen-bond acceptors (Lipinski definition) is 5. The SMILES string of the molecule is CCOC(=O)NC(C(=O)OCC)c1ccc(Br)s1. The molecule has 100 valence electrons. The first-order chi connectivity index (χ1) is 8.58. The van der Waals surface area contributed by atoms with Crippen molar-refractivity contribution >= 4 is 39.3 Å². The van der Waals surface area contributed by atoms with Crippen LogP contribution in [0.3, 0.4) is 0 Å². The van der Waals surface area contributed by atoms with E-state index in [1.165, 1.54) is 11.3 Å². The molecule has 1 amide bonds. The molecule has 1 N–H and O–H groups in total. The van der Waals surface area contributed by atoms with Crippen molar-refractivity contribution < 1.29 is 19.1 Å². The maximum absolute atomic E-state index is 11.8. The van der Waals surface area contributed by atoms with Crippen LogP contribution in [0.2, 0.25) is 0 Å². The number of hydrogen-bond donors (Lipinski definition) is 1.